The highest BCUT2D eigenvalue weighted by molar-refractivity contribution is 8.20. The van der Waals surface area contributed by atoms with E-state index in [9.17, 15) is 0 Å². The molecule has 0 aliphatic heterocycles. The summed E-state index contributed by atoms with van der Waals surface area (Å²) in [6.45, 7) is 1.77. The fourth-order valence-electron chi connectivity index (χ4n) is 0.853. The van der Waals surface area contributed by atoms with Crippen molar-refractivity contribution in [1.82, 2.24) is 0 Å². The standard InChI is InChI=1S/C9H11NS2/c1-7(10)12-9(11)8-5-3-2-4-6-8/h2-6,9-11H,1H3. The van der Waals surface area contributed by atoms with Crippen molar-refractivity contribution in [3.8, 4) is 0 Å². The molecule has 0 radical (unpaired) electrons. The van der Waals surface area contributed by atoms with Crippen LogP contribution in [0.3, 0.4) is 0 Å². The molecule has 0 aliphatic rings. The highest BCUT2D eigenvalue weighted by atomic mass is 32.2. The topological polar surface area (TPSA) is 23.9 Å². The molecule has 3 heteroatoms. The highest BCUT2D eigenvalue weighted by Gasteiger charge is 2.06. The molecule has 0 amide bonds. The van der Waals surface area contributed by atoms with Crippen LogP contribution in [0.25, 0.3) is 0 Å². The first-order chi connectivity index (χ1) is 5.70. The van der Waals surface area contributed by atoms with Crippen molar-refractivity contribution >= 4 is 29.4 Å². The molecule has 0 spiro atoms. The number of thioether (sulfide) groups is 1. The van der Waals surface area contributed by atoms with Gasteiger partial charge in [-0.25, -0.2) is 0 Å². The minimum absolute atomic E-state index is 0.0868. The van der Waals surface area contributed by atoms with Crippen LogP contribution in [0.5, 0.6) is 0 Å². The molecule has 0 saturated heterocycles. The first-order valence-corrected chi connectivity index (χ1v) is 5.04. The van der Waals surface area contributed by atoms with Crippen LogP contribution in [0.15, 0.2) is 30.3 Å². The van der Waals surface area contributed by atoms with E-state index >= 15 is 0 Å². The second-order valence-electron chi connectivity index (χ2n) is 2.44. The Morgan fingerprint density at radius 2 is 2.00 bits per heavy atom. The van der Waals surface area contributed by atoms with Gasteiger partial charge in [-0.1, -0.05) is 42.1 Å². The van der Waals surface area contributed by atoms with Gasteiger partial charge in [-0.3, -0.25) is 5.41 Å². The Bertz CT molecular complexity index is 258. The summed E-state index contributed by atoms with van der Waals surface area (Å²) in [5.41, 5.74) is 1.15. The molecule has 0 heterocycles. The van der Waals surface area contributed by atoms with Gasteiger partial charge in [-0.05, 0) is 12.5 Å². The molecule has 1 nitrogen and oxygen atoms in total. The van der Waals surface area contributed by atoms with Crippen LogP contribution in [0.4, 0.5) is 0 Å². The van der Waals surface area contributed by atoms with Crippen molar-refractivity contribution < 1.29 is 0 Å². The minimum Gasteiger partial charge on any atom is -0.299 e. The van der Waals surface area contributed by atoms with E-state index in [-0.39, 0.29) is 4.58 Å². The van der Waals surface area contributed by atoms with Crippen molar-refractivity contribution in [2.75, 3.05) is 0 Å². The van der Waals surface area contributed by atoms with E-state index in [1.807, 2.05) is 30.3 Å². The Balaban J connectivity index is 2.65. The largest absolute Gasteiger partial charge is 0.299 e. The molecular weight excluding hydrogens is 186 g/mol. The van der Waals surface area contributed by atoms with Crippen LogP contribution >= 0.6 is 24.4 Å². The summed E-state index contributed by atoms with van der Waals surface area (Å²) in [5.74, 6) is 0. The normalized spacial score (nSPS) is 12.5. The van der Waals surface area contributed by atoms with Crippen molar-refractivity contribution in [3.63, 3.8) is 0 Å². The van der Waals surface area contributed by atoms with Gasteiger partial charge in [-0.2, -0.15) is 12.6 Å². The van der Waals surface area contributed by atoms with Crippen molar-refractivity contribution in [2.24, 2.45) is 0 Å². The van der Waals surface area contributed by atoms with Crippen LogP contribution in [0, 0.1) is 5.41 Å². The fraction of sp³-hybridized carbons (Fsp3) is 0.222. The van der Waals surface area contributed by atoms with Gasteiger partial charge in [0, 0.05) is 0 Å². The van der Waals surface area contributed by atoms with Gasteiger partial charge in [0.2, 0.25) is 0 Å². The molecule has 12 heavy (non-hydrogen) atoms. The molecule has 1 N–H and O–H groups in total. The fourth-order valence-corrected chi connectivity index (χ4v) is 2.13. The molecule has 0 fully saturated rings. The Labute approximate surface area is 82.5 Å². The summed E-state index contributed by atoms with van der Waals surface area (Å²) in [5, 5.41) is 7.88. The molecule has 0 aromatic heterocycles. The monoisotopic (exact) mass is 197 g/mol. The zero-order chi connectivity index (χ0) is 8.97. The SMILES string of the molecule is CC(=N)SC(S)c1ccccc1. The van der Waals surface area contributed by atoms with E-state index in [4.69, 9.17) is 5.41 Å². The molecule has 0 saturated carbocycles. The summed E-state index contributed by atoms with van der Waals surface area (Å²) >= 11 is 5.84. The van der Waals surface area contributed by atoms with E-state index in [1.54, 1.807) is 6.92 Å². The van der Waals surface area contributed by atoms with Crippen LogP contribution in [-0.4, -0.2) is 5.04 Å². The lowest BCUT2D eigenvalue weighted by Crippen LogP contribution is -1.88. The summed E-state index contributed by atoms with van der Waals surface area (Å²) in [4.78, 5) is 0. The third-order valence-electron chi connectivity index (χ3n) is 1.37. The number of rotatable bonds is 2. The smallest absolute Gasteiger partial charge is 0.0780 e. The van der Waals surface area contributed by atoms with E-state index in [1.165, 1.54) is 11.8 Å². The maximum atomic E-state index is 7.29. The van der Waals surface area contributed by atoms with E-state index < -0.39 is 0 Å². The number of thiol groups is 1. The van der Waals surface area contributed by atoms with Gasteiger partial charge < -0.3 is 0 Å². The van der Waals surface area contributed by atoms with Crippen LogP contribution in [0.2, 0.25) is 0 Å². The Hall–Kier alpha value is -0.410. The molecule has 1 rings (SSSR count). The maximum Gasteiger partial charge on any atom is 0.0780 e. The molecule has 1 unspecified atom stereocenters. The lowest BCUT2D eigenvalue weighted by molar-refractivity contribution is 1.39. The zero-order valence-electron chi connectivity index (χ0n) is 6.82. The summed E-state index contributed by atoms with van der Waals surface area (Å²) in [6.07, 6.45) is 0. The Morgan fingerprint density at radius 1 is 1.42 bits per heavy atom. The summed E-state index contributed by atoms with van der Waals surface area (Å²) < 4.78 is 0.0868. The van der Waals surface area contributed by atoms with Gasteiger partial charge in [0.1, 0.15) is 0 Å². The molecular formula is C9H11NS2. The molecule has 64 valence electrons. The predicted molar refractivity (Wildman–Crippen MR) is 59.2 cm³/mol. The Morgan fingerprint density at radius 3 is 2.50 bits per heavy atom. The van der Waals surface area contributed by atoms with Gasteiger partial charge >= 0.3 is 0 Å². The number of hydrogen-bond donors (Lipinski definition) is 2. The van der Waals surface area contributed by atoms with Crippen molar-refractivity contribution in [1.29, 1.82) is 5.41 Å². The third-order valence-corrected chi connectivity index (χ3v) is 2.84. The number of benzene rings is 1. The lowest BCUT2D eigenvalue weighted by Gasteiger charge is -2.08. The first-order valence-electron chi connectivity index (χ1n) is 3.65. The van der Waals surface area contributed by atoms with Crippen molar-refractivity contribution in [2.45, 2.75) is 11.5 Å². The van der Waals surface area contributed by atoms with Gasteiger partial charge in [0.05, 0.1) is 9.63 Å². The zero-order valence-corrected chi connectivity index (χ0v) is 8.53. The van der Waals surface area contributed by atoms with Gasteiger partial charge in [-0.15, -0.1) is 0 Å². The van der Waals surface area contributed by atoms with Crippen LogP contribution in [0.1, 0.15) is 17.1 Å². The second-order valence-corrected chi connectivity index (χ2v) is 4.62. The lowest BCUT2D eigenvalue weighted by atomic mass is 10.2. The molecule has 1 aromatic rings. The van der Waals surface area contributed by atoms with Crippen molar-refractivity contribution in [3.05, 3.63) is 35.9 Å². The molecule has 0 aliphatic carbocycles. The summed E-state index contributed by atoms with van der Waals surface area (Å²) in [6, 6.07) is 9.99. The minimum atomic E-state index is 0.0868. The average Bonchev–Trinajstić information content (AvgIpc) is 2.05. The van der Waals surface area contributed by atoms with Gasteiger partial charge in [0.15, 0.2) is 0 Å². The summed E-state index contributed by atoms with van der Waals surface area (Å²) in [7, 11) is 0. The Kier molecular flexibility index (Phi) is 3.69. The molecule has 1 aromatic carbocycles. The maximum absolute atomic E-state index is 7.29. The van der Waals surface area contributed by atoms with Crippen LogP contribution < -0.4 is 0 Å². The number of hydrogen-bond acceptors (Lipinski definition) is 3. The van der Waals surface area contributed by atoms with Crippen LogP contribution in [-0.2, 0) is 0 Å². The first kappa shape index (κ1) is 9.68. The van der Waals surface area contributed by atoms with Gasteiger partial charge in [0.25, 0.3) is 0 Å². The quantitative estimate of drug-likeness (QED) is 0.323. The third kappa shape index (κ3) is 2.91. The highest BCUT2D eigenvalue weighted by Crippen LogP contribution is 2.32. The predicted octanol–water partition coefficient (Wildman–Crippen LogP) is 3.35. The van der Waals surface area contributed by atoms with E-state index in [0.29, 0.717) is 5.04 Å². The second kappa shape index (κ2) is 4.58. The number of nitrogens with one attached hydrogen (secondary N) is 1. The van der Waals surface area contributed by atoms with E-state index in [0.717, 1.165) is 5.56 Å². The average molecular weight is 197 g/mol. The molecule has 1 atom stereocenters. The van der Waals surface area contributed by atoms with E-state index in [2.05, 4.69) is 12.6 Å². The molecule has 0 bridgehead atoms.